The summed E-state index contributed by atoms with van der Waals surface area (Å²) in [5.74, 6) is -0.122. The Bertz CT molecular complexity index is 434. The van der Waals surface area contributed by atoms with E-state index in [-0.39, 0.29) is 11.4 Å². The second kappa shape index (κ2) is 2.34. The Balaban J connectivity index is 2.86. The second-order valence-electron chi connectivity index (χ2n) is 2.36. The first-order valence-corrected chi connectivity index (χ1v) is 3.36. The fraction of sp³-hybridized carbons (Fsp3) is 0. The van der Waals surface area contributed by atoms with E-state index in [1.807, 2.05) is 0 Å². The molecule has 2 aromatic heterocycles. The van der Waals surface area contributed by atoms with Crippen molar-refractivity contribution in [3.63, 3.8) is 0 Å². The molecular formula is C8H5N2O2. The topological polar surface area (TPSA) is 66.0 Å². The number of nitrogens with one attached hydrogen (secondary N) is 1. The van der Waals surface area contributed by atoms with Crippen molar-refractivity contribution in [3.8, 4) is 5.75 Å². The lowest BCUT2D eigenvalue weighted by atomic mass is 10.2. The van der Waals surface area contributed by atoms with Gasteiger partial charge in [0.25, 0.3) is 6.29 Å². The molecule has 12 heavy (non-hydrogen) atoms. The van der Waals surface area contributed by atoms with Crippen LogP contribution in [0.2, 0.25) is 0 Å². The predicted octanol–water partition coefficient (Wildman–Crippen LogP) is 0.726. The average Bonchev–Trinajstić information content (AvgIpc) is 2.53. The summed E-state index contributed by atoms with van der Waals surface area (Å²) in [7, 11) is 0. The van der Waals surface area contributed by atoms with Crippen molar-refractivity contribution < 1.29 is 9.90 Å². The van der Waals surface area contributed by atoms with E-state index < -0.39 is 0 Å². The Labute approximate surface area is 67.9 Å². The van der Waals surface area contributed by atoms with Crippen LogP contribution in [0.1, 0.15) is 5.69 Å². The van der Waals surface area contributed by atoms with Crippen LogP contribution in [0.15, 0.2) is 18.5 Å². The van der Waals surface area contributed by atoms with Crippen LogP contribution in [-0.4, -0.2) is 21.4 Å². The summed E-state index contributed by atoms with van der Waals surface area (Å²) in [6.45, 7) is 0. The van der Waals surface area contributed by atoms with Gasteiger partial charge in [-0.15, -0.1) is 0 Å². The molecule has 0 aliphatic heterocycles. The number of rotatable bonds is 1. The number of H-pyrrole nitrogens is 1. The number of aromatic nitrogens is 2. The highest BCUT2D eigenvalue weighted by atomic mass is 16.3. The predicted molar refractivity (Wildman–Crippen MR) is 42.6 cm³/mol. The van der Waals surface area contributed by atoms with Crippen LogP contribution in [-0.2, 0) is 4.79 Å². The molecule has 2 aromatic rings. The maximum Gasteiger partial charge on any atom is 0.257 e. The summed E-state index contributed by atoms with van der Waals surface area (Å²) in [6.07, 6.45) is 4.70. The number of aromatic amines is 1. The quantitative estimate of drug-likeness (QED) is 0.647. The molecule has 0 aliphatic rings. The minimum absolute atomic E-state index is 0.0536. The van der Waals surface area contributed by atoms with E-state index in [1.54, 1.807) is 18.5 Å². The van der Waals surface area contributed by atoms with Crippen molar-refractivity contribution in [1.82, 2.24) is 9.97 Å². The van der Waals surface area contributed by atoms with Gasteiger partial charge < -0.3 is 10.1 Å². The van der Waals surface area contributed by atoms with Gasteiger partial charge in [-0.1, -0.05) is 0 Å². The maximum atomic E-state index is 10.2. The van der Waals surface area contributed by atoms with Crippen molar-refractivity contribution in [2.24, 2.45) is 0 Å². The van der Waals surface area contributed by atoms with Crippen molar-refractivity contribution in [2.75, 3.05) is 0 Å². The zero-order chi connectivity index (χ0) is 8.55. The van der Waals surface area contributed by atoms with E-state index in [0.717, 1.165) is 0 Å². The van der Waals surface area contributed by atoms with Crippen molar-refractivity contribution >= 4 is 17.2 Å². The van der Waals surface area contributed by atoms with Gasteiger partial charge in [-0.25, -0.2) is 4.98 Å². The van der Waals surface area contributed by atoms with Gasteiger partial charge in [0.05, 0.1) is 11.7 Å². The van der Waals surface area contributed by atoms with Gasteiger partial charge in [-0.3, -0.25) is 4.79 Å². The largest absolute Gasteiger partial charge is 0.505 e. The molecule has 2 heterocycles. The van der Waals surface area contributed by atoms with E-state index in [4.69, 9.17) is 0 Å². The van der Waals surface area contributed by atoms with Gasteiger partial charge >= 0.3 is 0 Å². The van der Waals surface area contributed by atoms with Crippen molar-refractivity contribution in [1.29, 1.82) is 0 Å². The highest BCUT2D eigenvalue weighted by Gasteiger charge is 2.07. The molecule has 0 saturated heterocycles. The Kier molecular flexibility index (Phi) is 1.33. The molecule has 0 aliphatic carbocycles. The SMILES string of the molecule is O=[C]c1ncc2[nH]ccc2c1O. The molecule has 0 fully saturated rings. The zero-order valence-electron chi connectivity index (χ0n) is 6.03. The van der Waals surface area contributed by atoms with Gasteiger partial charge in [-0.2, -0.15) is 0 Å². The minimum Gasteiger partial charge on any atom is -0.505 e. The summed E-state index contributed by atoms with van der Waals surface area (Å²) in [6, 6.07) is 1.67. The van der Waals surface area contributed by atoms with Gasteiger partial charge in [0.2, 0.25) is 0 Å². The lowest BCUT2D eigenvalue weighted by Gasteiger charge is -1.95. The minimum atomic E-state index is -0.122. The smallest absolute Gasteiger partial charge is 0.257 e. The Morgan fingerprint density at radius 3 is 3.17 bits per heavy atom. The first-order chi connectivity index (χ1) is 5.83. The van der Waals surface area contributed by atoms with Crippen LogP contribution >= 0.6 is 0 Å². The van der Waals surface area contributed by atoms with Crippen LogP contribution in [0.25, 0.3) is 10.9 Å². The molecule has 4 heteroatoms. The molecule has 4 nitrogen and oxygen atoms in total. The summed E-state index contributed by atoms with van der Waals surface area (Å²) in [4.78, 5) is 16.8. The highest BCUT2D eigenvalue weighted by molar-refractivity contribution is 5.92. The monoisotopic (exact) mass is 161 g/mol. The molecule has 2 rings (SSSR count). The molecule has 0 saturated carbocycles. The van der Waals surface area contributed by atoms with Gasteiger partial charge in [0.15, 0.2) is 11.4 Å². The van der Waals surface area contributed by atoms with Crippen molar-refractivity contribution in [2.45, 2.75) is 0 Å². The van der Waals surface area contributed by atoms with E-state index in [9.17, 15) is 9.90 Å². The number of aromatic hydroxyl groups is 1. The van der Waals surface area contributed by atoms with E-state index >= 15 is 0 Å². The van der Waals surface area contributed by atoms with E-state index in [2.05, 4.69) is 9.97 Å². The Morgan fingerprint density at radius 2 is 2.42 bits per heavy atom. The summed E-state index contributed by atoms with van der Waals surface area (Å²) in [5, 5.41) is 9.98. The third-order valence-corrected chi connectivity index (χ3v) is 1.68. The molecule has 0 aromatic carbocycles. The number of hydrogen-bond acceptors (Lipinski definition) is 3. The van der Waals surface area contributed by atoms with Gasteiger partial charge in [0.1, 0.15) is 0 Å². The second-order valence-corrected chi connectivity index (χ2v) is 2.36. The van der Waals surface area contributed by atoms with Crippen LogP contribution in [0, 0.1) is 0 Å². The molecule has 1 radical (unpaired) electrons. The molecule has 59 valence electrons. The van der Waals surface area contributed by atoms with Crippen LogP contribution < -0.4 is 0 Å². The Hall–Kier alpha value is -1.84. The standard InChI is InChI=1S/C8H5N2O2/c11-4-7-8(12)5-1-2-9-6(5)3-10-7/h1-3,9,12H. The molecule has 0 bridgehead atoms. The van der Waals surface area contributed by atoms with E-state index in [1.165, 1.54) is 6.20 Å². The number of fused-ring (bicyclic) bond motifs is 1. The molecular weight excluding hydrogens is 156 g/mol. The first-order valence-electron chi connectivity index (χ1n) is 3.36. The number of nitrogens with zero attached hydrogens (tertiary/aromatic N) is 1. The van der Waals surface area contributed by atoms with Gasteiger partial charge in [-0.05, 0) is 6.07 Å². The van der Waals surface area contributed by atoms with Crippen molar-refractivity contribution in [3.05, 3.63) is 24.2 Å². The van der Waals surface area contributed by atoms with Crippen LogP contribution in [0.3, 0.4) is 0 Å². The molecule has 0 unspecified atom stereocenters. The van der Waals surface area contributed by atoms with E-state index in [0.29, 0.717) is 10.9 Å². The highest BCUT2D eigenvalue weighted by Crippen LogP contribution is 2.24. The normalized spacial score (nSPS) is 10.3. The lowest BCUT2D eigenvalue weighted by Crippen LogP contribution is -1.87. The molecule has 2 N–H and O–H groups in total. The number of hydrogen-bond donors (Lipinski definition) is 2. The summed E-state index contributed by atoms with van der Waals surface area (Å²) >= 11 is 0. The fourth-order valence-corrected chi connectivity index (χ4v) is 1.09. The third kappa shape index (κ3) is 0.780. The molecule has 0 atom stereocenters. The summed E-state index contributed by atoms with van der Waals surface area (Å²) < 4.78 is 0. The molecule has 0 amide bonds. The molecule has 0 spiro atoms. The lowest BCUT2D eigenvalue weighted by molar-refractivity contribution is 0.475. The maximum absolute atomic E-state index is 10.2. The number of pyridine rings is 1. The van der Waals surface area contributed by atoms with Crippen LogP contribution in [0.4, 0.5) is 0 Å². The average molecular weight is 161 g/mol. The first kappa shape index (κ1) is 6.84. The number of carbonyl (C=O) groups excluding carboxylic acids is 1. The zero-order valence-corrected chi connectivity index (χ0v) is 6.03. The summed E-state index contributed by atoms with van der Waals surface area (Å²) in [5.41, 5.74) is 0.647. The van der Waals surface area contributed by atoms with Crippen LogP contribution in [0.5, 0.6) is 5.75 Å². The Morgan fingerprint density at radius 1 is 1.58 bits per heavy atom. The van der Waals surface area contributed by atoms with Gasteiger partial charge in [0, 0.05) is 11.6 Å². The fourth-order valence-electron chi connectivity index (χ4n) is 1.09. The third-order valence-electron chi connectivity index (χ3n) is 1.68.